The van der Waals surface area contributed by atoms with E-state index in [2.05, 4.69) is 10.3 Å². The van der Waals surface area contributed by atoms with Crippen molar-refractivity contribution >= 4 is 28.9 Å². The standard InChI is InChI=1S/C12H9Cl2FN2/c13-10-2-1-3-11(14)9(10)7-16-8-4-5-12(15)17-6-8/h1-6,16H,7H2. The van der Waals surface area contributed by atoms with Crippen molar-refractivity contribution in [3.8, 4) is 0 Å². The van der Waals surface area contributed by atoms with E-state index in [1.165, 1.54) is 12.3 Å². The highest BCUT2D eigenvalue weighted by Gasteiger charge is 2.04. The molecule has 0 aliphatic heterocycles. The first-order valence-corrected chi connectivity index (χ1v) is 5.71. The first-order valence-electron chi connectivity index (χ1n) is 4.95. The minimum atomic E-state index is -0.508. The average molecular weight is 271 g/mol. The fraction of sp³-hybridized carbons (Fsp3) is 0.0833. The Balaban J connectivity index is 2.10. The van der Waals surface area contributed by atoms with Crippen molar-refractivity contribution < 1.29 is 4.39 Å². The highest BCUT2D eigenvalue weighted by Crippen LogP contribution is 2.24. The van der Waals surface area contributed by atoms with E-state index in [1.54, 1.807) is 24.3 Å². The van der Waals surface area contributed by atoms with E-state index in [4.69, 9.17) is 23.2 Å². The third-order valence-corrected chi connectivity index (χ3v) is 2.97. The Kier molecular flexibility index (Phi) is 3.82. The van der Waals surface area contributed by atoms with Crippen molar-refractivity contribution in [1.29, 1.82) is 0 Å². The predicted octanol–water partition coefficient (Wildman–Crippen LogP) is 4.14. The summed E-state index contributed by atoms with van der Waals surface area (Å²) in [7, 11) is 0. The van der Waals surface area contributed by atoms with E-state index in [-0.39, 0.29) is 0 Å². The summed E-state index contributed by atoms with van der Waals surface area (Å²) in [5.41, 5.74) is 1.52. The van der Waals surface area contributed by atoms with Crippen molar-refractivity contribution in [3.05, 3.63) is 58.1 Å². The minimum Gasteiger partial charge on any atom is -0.380 e. The van der Waals surface area contributed by atoms with E-state index in [9.17, 15) is 4.39 Å². The van der Waals surface area contributed by atoms with Gasteiger partial charge in [0.2, 0.25) is 5.95 Å². The Bertz CT molecular complexity index is 494. The summed E-state index contributed by atoms with van der Waals surface area (Å²) in [5, 5.41) is 4.27. The van der Waals surface area contributed by atoms with E-state index < -0.39 is 5.95 Å². The monoisotopic (exact) mass is 270 g/mol. The molecule has 17 heavy (non-hydrogen) atoms. The molecule has 0 fully saturated rings. The Labute approximate surface area is 108 Å². The maximum atomic E-state index is 12.6. The quantitative estimate of drug-likeness (QED) is 0.848. The second-order valence-electron chi connectivity index (χ2n) is 3.42. The molecular formula is C12H9Cl2FN2. The van der Waals surface area contributed by atoms with Gasteiger partial charge in [0.15, 0.2) is 0 Å². The summed E-state index contributed by atoms with van der Waals surface area (Å²) in [4.78, 5) is 3.54. The smallest absolute Gasteiger partial charge is 0.212 e. The number of nitrogens with zero attached hydrogens (tertiary/aromatic N) is 1. The molecule has 1 aromatic carbocycles. The molecule has 0 amide bonds. The number of aromatic nitrogens is 1. The second-order valence-corrected chi connectivity index (χ2v) is 4.24. The van der Waals surface area contributed by atoms with Gasteiger partial charge < -0.3 is 5.32 Å². The molecule has 0 aliphatic carbocycles. The zero-order chi connectivity index (χ0) is 12.3. The largest absolute Gasteiger partial charge is 0.380 e. The molecule has 1 aromatic heterocycles. The van der Waals surface area contributed by atoms with Gasteiger partial charge in [-0.15, -0.1) is 0 Å². The van der Waals surface area contributed by atoms with Crippen LogP contribution in [0.25, 0.3) is 0 Å². The Morgan fingerprint density at radius 1 is 1.12 bits per heavy atom. The molecule has 2 nitrogen and oxygen atoms in total. The molecule has 0 unspecified atom stereocenters. The number of halogens is 3. The van der Waals surface area contributed by atoms with E-state index >= 15 is 0 Å². The van der Waals surface area contributed by atoms with E-state index in [1.807, 2.05) is 0 Å². The van der Waals surface area contributed by atoms with Crippen molar-refractivity contribution in [2.45, 2.75) is 6.54 Å². The van der Waals surface area contributed by atoms with Crippen LogP contribution in [0.5, 0.6) is 0 Å². The molecule has 2 rings (SSSR count). The Morgan fingerprint density at radius 3 is 2.41 bits per heavy atom. The number of anilines is 1. The van der Waals surface area contributed by atoms with Crippen LogP contribution in [-0.4, -0.2) is 4.98 Å². The maximum absolute atomic E-state index is 12.6. The molecule has 0 atom stereocenters. The fourth-order valence-corrected chi connectivity index (χ4v) is 1.90. The highest BCUT2D eigenvalue weighted by molar-refractivity contribution is 6.36. The lowest BCUT2D eigenvalue weighted by atomic mass is 10.2. The number of hydrogen-bond donors (Lipinski definition) is 1. The van der Waals surface area contributed by atoms with Gasteiger partial charge in [-0.3, -0.25) is 0 Å². The number of hydrogen-bond acceptors (Lipinski definition) is 2. The van der Waals surface area contributed by atoms with Gasteiger partial charge in [-0.25, -0.2) is 4.98 Å². The molecule has 0 bridgehead atoms. The molecule has 2 aromatic rings. The normalized spacial score (nSPS) is 10.3. The molecule has 0 aliphatic rings. The van der Waals surface area contributed by atoms with Gasteiger partial charge in [-0.1, -0.05) is 29.3 Å². The van der Waals surface area contributed by atoms with Crippen molar-refractivity contribution in [3.63, 3.8) is 0 Å². The van der Waals surface area contributed by atoms with Crippen molar-refractivity contribution in [2.24, 2.45) is 0 Å². The maximum Gasteiger partial charge on any atom is 0.212 e. The lowest BCUT2D eigenvalue weighted by Crippen LogP contribution is -2.01. The van der Waals surface area contributed by atoms with Crippen molar-refractivity contribution in [1.82, 2.24) is 4.98 Å². The fourth-order valence-electron chi connectivity index (χ4n) is 1.37. The van der Waals surface area contributed by atoms with Crippen LogP contribution in [0.2, 0.25) is 10.0 Å². The first-order chi connectivity index (χ1) is 8.16. The highest BCUT2D eigenvalue weighted by atomic mass is 35.5. The minimum absolute atomic E-state index is 0.464. The van der Waals surface area contributed by atoms with Crippen LogP contribution in [-0.2, 0) is 6.54 Å². The topological polar surface area (TPSA) is 24.9 Å². The third-order valence-electron chi connectivity index (χ3n) is 2.26. The first kappa shape index (κ1) is 12.1. The molecule has 88 valence electrons. The number of pyridine rings is 1. The number of nitrogens with one attached hydrogen (secondary N) is 1. The van der Waals surface area contributed by atoms with Gasteiger partial charge in [0.1, 0.15) is 0 Å². The van der Waals surface area contributed by atoms with Gasteiger partial charge in [0.25, 0.3) is 0 Å². The van der Waals surface area contributed by atoms with Crippen molar-refractivity contribution in [2.75, 3.05) is 5.32 Å². The Morgan fingerprint density at radius 2 is 1.82 bits per heavy atom. The lowest BCUT2D eigenvalue weighted by molar-refractivity contribution is 0.584. The summed E-state index contributed by atoms with van der Waals surface area (Å²) in [5.74, 6) is -0.508. The molecule has 5 heteroatoms. The van der Waals surface area contributed by atoms with Gasteiger partial charge in [0, 0.05) is 22.2 Å². The van der Waals surface area contributed by atoms with Gasteiger partial charge in [-0.05, 0) is 24.3 Å². The summed E-state index contributed by atoms with van der Waals surface area (Å²) >= 11 is 12.0. The van der Waals surface area contributed by atoms with Crippen LogP contribution in [0.3, 0.4) is 0 Å². The molecule has 0 saturated carbocycles. The molecule has 0 radical (unpaired) electrons. The summed E-state index contributed by atoms with van der Waals surface area (Å²) < 4.78 is 12.6. The van der Waals surface area contributed by atoms with Crippen LogP contribution in [0.1, 0.15) is 5.56 Å². The SMILES string of the molecule is Fc1ccc(NCc2c(Cl)cccc2Cl)cn1. The van der Waals surface area contributed by atoms with Crippen LogP contribution in [0, 0.1) is 5.95 Å². The second kappa shape index (κ2) is 5.34. The van der Waals surface area contributed by atoms with E-state index in [0.717, 1.165) is 5.56 Å². The zero-order valence-electron chi connectivity index (χ0n) is 8.75. The van der Waals surface area contributed by atoms with Crippen LogP contribution < -0.4 is 5.32 Å². The zero-order valence-corrected chi connectivity index (χ0v) is 10.3. The number of rotatable bonds is 3. The lowest BCUT2D eigenvalue weighted by Gasteiger charge is -2.09. The summed E-state index contributed by atoms with van der Waals surface area (Å²) in [6.07, 6.45) is 1.42. The summed E-state index contributed by atoms with van der Waals surface area (Å²) in [6.45, 7) is 0.464. The molecule has 0 saturated heterocycles. The molecular weight excluding hydrogens is 262 g/mol. The van der Waals surface area contributed by atoms with Gasteiger partial charge in [-0.2, -0.15) is 4.39 Å². The van der Waals surface area contributed by atoms with Crippen LogP contribution in [0.4, 0.5) is 10.1 Å². The predicted molar refractivity (Wildman–Crippen MR) is 68.0 cm³/mol. The van der Waals surface area contributed by atoms with Gasteiger partial charge in [0.05, 0.1) is 11.9 Å². The van der Waals surface area contributed by atoms with Crippen LogP contribution in [0.15, 0.2) is 36.5 Å². The molecule has 0 spiro atoms. The number of benzene rings is 1. The Hall–Kier alpha value is -1.32. The molecule has 1 heterocycles. The average Bonchev–Trinajstić information content (AvgIpc) is 2.31. The van der Waals surface area contributed by atoms with Gasteiger partial charge >= 0.3 is 0 Å². The molecule has 1 N–H and O–H groups in total. The van der Waals surface area contributed by atoms with Crippen LogP contribution >= 0.6 is 23.2 Å². The third kappa shape index (κ3) is 3.08. The van der Waals surface area contributed by atoms with E-state index in [0.29, 0.717) is 22.3 Å². The summed E-state index contributed by atoms with van der Waals surface area (Å²) in [6, 6.07) is 8.22.